The second kappa shape index (κ2) is 7.88. The number of hydrogen-bond acceptors (Lipinski definition) is 4. The first-order valence-electron chi connectivity index (χ1n) is 8.26. The highest BCUT2D eigenvalue weighted by Gasteiger charge is 2.21. The normalized spacial score (nSPS) is 14.2. The minimum atomic E-state index is -0.453. The standard InChI is InChI=1S/C18H19ClN4O2S/c1-13-4-2-3-5-17(13)21-8-10-22(11-9-21)18(26)20-16-12-14(23(24)25)6-7-15(16)19/h2-7,12H,8-11H2,1H3,(H,20,26). The van der Waals surface area contributed by atoms with Crippen molar-refractivity contribution in [3.8, 4) is 0 Å². The van der Waals surface area contributed by atoms with E-state index in [1.165, 1.54) is 29.4 Å². The summed E-state index contributed by atoms with van der Waals surface area (Å²) in [5.41, 5.74) is 2.93. The molecule has 0 amide bonds. The fourth-order valence-electron chi connectivity index (χ4n) is 2.99. The highest BCUT2D eigenvalue weighted by Crippen LogP contribution is 2.27. The van der Waals surface area contributed by atoms with Gasteiger partial charge in [0.2, 0.25) is 0 Å². The number of rotatable bonds is 3. The summed E-state index contributed by atoms with van der Waals surface area (Å²) in [7, 11) is 0. The maximum Gasteiger partial charge on any atom is 0.271 e. The molecule has 1 fully saturated rings. The van der Waals surface area contributed by atoms with E-state index in [9.17, 15) is 10.1 Å². The average molecular weight is 391 g/mol. The Bertz CT molecular complexity index is 838. The van der Waals surface area contributed by atoms with Crippen LogP contribution in [0.25, 0.3) is 0 Å². The van der Waals surface area contributed by atoms with Gasteiger partial charge in [0.25, 0.3) is 5.69 Å². The zero-order valence-electron chi connectivity index (χ0n) is 14.3. The number of hydrogen-bond donors (Lipinski definition) is 1. The monoisotopic (exact) mass is 390 g/mol. The SMILES string of the molecule is Cc1ccccc1N1CCN(C(=S)Nc2cc([N+](=O)[O-])ccc2Cl)CC1. The number of nitro groups is 1. The number of nitro benzene ring substituents is 1. The molecule has 0 spiro atoms. The number of anilines is 2. The second-order valence-corrected chi connectivity index (χ2v) is 6.91. The summed E-state index contributed by atoms with van der Waals surface area (Å²) in [5.74, 6) is 0. The van der Waals surface area contributed by atoms with E-state index in [1.54, 1.807) is 0 Å². The highest BCUT2D eigenvalue weighted by atomic mass is 35.5. The molecule has 8 heteroatoms. The molecule has 0 atom stereocenters. The van der Waals surface area contributed by atoms with Crippen molar-refractivity contribution >= 4 is 46.0 Å². The van der Waals surface area contributed by atoms with Crippen molar-refractivity contribution in [2.24, 2.45) is 0 Å². The Labute approximate surface area is 162 Å². The minimum absolute atomic E-state index is 0.0240. The minimum Gasteiger partial charge on any atom is -0.368 e. The van der Waals surface area contributed by atoms with E-state index in [2.05, 4.69) is 34.2 Å². The fourth-order valence-corrected chi connectivity index (χ4v) is 3.44. The third-order valence-corrected chi connectivity index (χ3v) is 5.12. The topological polar surface area (TPSA) is 61.6 Å². The lowest BCUT2D eigenvalue weighted by Crippen LogP contribution is -2.50. The van der Waals surface area contributed by atoms with Crippen molar-refractivity contribution < 1.29 is 4.92 Å². The first-order valence-corrected chi connectivity index (χ1v) is 9.05. The molecule has 1 aliphatic heterocycles. The number of non-ortho nitro benzene ring substituents is 1. The van der Waals surface area contributed by atoms with Gasteiger partial charge < -0.3 is 15.1 Å². The lowest BCUT2D eigenvalue weighted by atomic mass is 10.1. The average Bonchev–Trinajstić information content (AvgIpc) is 2.64. The molecule has 0 saturated carbocycles. The number of thiocarbonyl (C=S) groups is 1. The Morgan fingerprint density at radius 2 is 1.88 bits per heavy atom. The van der Waals surface area contributed by atoms with Crippen molar-refractivity contribution in [2.45, 2.75) is 6.92 Å². The van der Waals surface area contributed by atoms with E-state index in [1.807, 2.05) is 12.1 Å². The predicted octanol–water partition coefficient (Wildman–Crippen LogP) is 4.08. The van der Waals surface area contributed by atoms with Gasteiger partial charge in [0, 0.05) is 44.0 Å². The van der Waals surface area contributed by atoms with E-state index in [4.69, 9.17) is 23.8 Å². The molecule has 26 heavy (non-hydrogen) atoms. The first kappa shape index (κ1) is 18.4. The van der Waals surface area contributed by atoms with Crippen molar-refractivity contribution in [1.82, 2.24) is 4.90 Å². The Kier molecular flexibility index (Phi) is 5.58. The zero-order valence-corrected chi connectivity index (χ0v) is 15.9. The summed E-state index contributed by atoms with van der Waals surface area (Å²) in [5, 5.41) is 14.9. The molecule has 2 aromatic carbocycles. The lowest BCUT2D eigenvalue weighted by Gasteiger charge is -2.38. The van der Waals surface area contributed by atoms with Gasteiger partial charge in [0.05, 0.1) is 15.6 Å². The van der Waals surface area contributed by atoms with Gasteiger partial charge in [-0.25, -0.2) is 0 Å². The van der Waals surface area contributed by atoms with Crippen molar-refractivity contribution in [2.75, 3.05) is 36.4 Å². The summed E-state index contributed by atoms with van der Waals surface area (Å²) in [6.45, 7) is 5.36. The third-order valence-electron chi connectivity index (χ3n) is 4.43. The number of nitrogens with zero attached hydrogens (tertiary/aromatic N) is 3. The van der Waals surface area contributed by atoms with Crippen LogP contribution in [0.5, 0.6) is 0 Å². The van der Waals surface area contributed by atoms with Gasteiger partial charge in [0.1, 0.15) is 0 Å². The molecule has 6 nitrogen and oxygen atoms in total. The molecule has 0 aliphatic carbocycles. The van der Waals surface area contributed by atoms with E-state index in [-0.39, 0.29) is 5.69 Å². The number of halogens is 1. The molecular weight excluding hydrogens is 372 g/mol. The van der Waals surface area contributed by atoms with Gasteiger partial charge in [-0.3, -0.25) is 10.1 Å². The summed E-state index contributed by atoms with van der Waals surface area (Å²) in [6, 6.07) is 12.6. The molecule has 0 radical (unpaired) electrons. The summed E-state index contributed by atoms with van der Waals surface area (Å²) >= 11 is 11.6. The van der Waals surface area contributed by atoms with Crippen molar-refractivity contribution in [1.29, 1.82) is 0 Å². The number of benzene rings is 2. The molecule has 1 saturated heterocycles. The number of nitrogens with one attached hydrogen (secondary N) is 1. The smallest absolute Gasteiger partial charge is 0.271 e. The Morgan fingerprint density at radius 1 is 1.19 bits per heavy atom. The van der Waals surface area contributed by atoms with Crippen LogP contribution in [0.2, 0.25) is 5.02 Å². The molecule has 1 aliphatic rings. The molecule has 1 heterocycles. The fraction of sp³-hybridized carbons (Fsp3) is 0.278. The quantitative estimate of drug-likeness (QED) is 0.484. The maximum absolute atomic E-state index is 10.9. The summed E-state index contributed by atoms with van der Waals surface area (Å²) in [4.78, 5) is 14.9. The van der Waals surface area contributed by atoms with E-state index >= 15 is 0 Å². The summed E-state index contributed by atoms with van der Waals surface area (Å²) < 4.78 is 0. The van der Waals surface area contributed by atoms with E-state index in [0.717, 1.165) is 26.2 Å². The van der Waals surface area contributed by atoms with Crippen LogP contribution in [-0.4, -0.2) is 41.1 Å². The lowest BCUT2D eigenvalue weighted by molar-refractivity contribution is -0.384. The molecule has 136 valence electrons. The number of aryl methyl sites for hydroxylation is 1. The molecule has 3 rings (SSSR count). The molecule has 0 unspecified atom stereocenters. The van der Waals surface area contributed by atoms with E-state index in [0.29, 0.717) is 15.8 Å². The molecular formula is C18H19ClN4O2S. The summed E-state index contributed by atoms with van der Waals surface area (Å²) in [6.07, 6.45) is 0. The van der Waals surface area contributed by atoms with Crippen molar-refractivity contribution in [3.05, 3.63) is 63.2 Å². The Morgan fingerprint density at radius 3 is 2.54 bits per heavy atom. The number of piperazine rings is 1. The van der Waals surface area contributed by atoms with Gasteiger partial charge in [0.15, 0.2) is 5.11 Å². The highest BCUT2D eigenvalue weighted by molar-refractivity contribution is 7.80. The van der Waals surface area contributed by atoms with Crippen molar-refractivity contribution in [3.63, 3.8) is 0 Å². The molecule has 1 N–H and O–H groups in total. The van der Waals surface area contributed by atoms with Crippen LogP contribution in [0.1, 0.15) is 5.56 Å². The van der Waals surface area contributed by atoms with Gasteiger partial charge >= 0.3 is 0 Å². The second-order valence-electron chi connectivity index (χ2n) is 6.11. The van der Waals surface area contributed by atoms with Gasteiger partial charge in [-0.2, -0.15) is 0 Å². The van der Waals surface area contributed by atoms with Gasteiger partial charge in [-0.05, 0) is 36.8 Å². The van der Waals surface area contributed by atoms with Crippen LogP contribution in [-0.2, 0) is 0 Å². The van der Waals surface area contributed by atoms with Gasteiger partial charge in [-0.1, -0.05) is 29.8 Å². The predicted molar refractivity (Wildman–Crippen MR) is 109 cm³/mol. The Hall–Kier alpha value is -2.38. The largest absolute Gasteiger partial charge is 0.368 e. The van der Waals surface area contributed by atoms with E-state index < -0.39 is 4.92 Å². The van der Waals surface area contributed by atoms with Crippen LogP contribution in [0, 0.1) is 17.0 Å². The number of para-hydroxylation sites is 1. The van der Waals surface area contributed by atoms with Crippen LogP contribution in [0.15, 0.2) is 42.5 Å². The van der Waals surface area contributed by atoms with Crippen LogP contribution >= 0.6 is 23.8 Å². The van der Waals surface area contributed by atoms with Crippen LogP contribution < -0.4 is 10.2 Å². The first-order chi connectivity index (χ1) is 12.5. The molecule has 2 aromatic rings. The Balaban J connectivity index is 1.63. The van der Waals surface area contributed by atoms with Crippen LogP contribution in [0.3, 0.4) is 0 Å². The molecule has 0 aromatic heterocycles. The maximum atomic E-state index is 10.9. The van der Waals surface area contributed by atoms with Crippen LogP contribution in [0.4, 0.5) is 17.1 Å². The third kappa shape index (κ3) is 4.05. The van der Waals surface area contributed by atoms with Gasteiger partial charge in [-0.15, -0.1) is 0 Å². The zero-order chi connectivity index (χ0) is 18.7. The molecule has 0 bridgehead atoms.